The van der Waals surface area contributed by atoms with Crippen LogP contribution in [0.3, 0.4) is 0 Å². The van der Waals surface area contributed by atoms with Gasteiger partial charge < -0.3 is 10.6 Å². The Morgan fingerprint density at radius 1 is 0.960 bits per heavy atom. The van der Waals surface area contributed by atoms with Gasteiger partial charge in [-0.15, -0.1) is 0 Å². The first-order chi connectivity index (χ1) is 12.2. The largest absolute Gasteiger partial charge is 0.343 e. The maximum atomic E-state index is 12.8. The number of anilines is 1. The smallest absolute Gasteiger partial charge is 0.252 e. The van der Waals surface area contributed by atoms with Gasteiger partial charge in [0.25, 0.3) is 5.91 Å². The molecule has 2 saturated carbocycles. The third-order valence-electron chi connectivity index (χ3n) is 5.23. The van der Waals surface area contributed by atoms with Gasteiger partial charge in [0.1, 0.15) is 0 Å². The van der Waals surface area contributed by atoms with Gasteiger partial charge >= 0.3 is 0 Å². The van der Waals surface area contributed by atoms with E-state index in [2.05, 4.69) is 22.8 Å². The second kappa shape index (κ2) is 6.36. The molecule has 2 aliphatic rings. The minimum atomic E-state index is -0.258. The summed E-state index contributed by atoms with van der Waals surface area (Å²) in [5.74, 6) is 0.109. The number of amides is 2. The minimum absolute atomic E-state index is 0.0531. The van der Waals surface area contributed by atoms with Crippen LogP contribution >= 0.6 is 0 Å². The molecule has 0 aromatic heterocycles. The van der Waals surface area contributed by atoms with Gasteiger partial charge in [-0.05, 0) is 55.9 Å². The lowest BCUT2D eigenvalue weighted by molar-refractivity contribution is -0.117. The predicted molar refractivity (Wildman–Crippen MR) is 97.2 cm³/mol. The topological polar surface area (TPSA) is 58.2 Å². The first kappa shape index (κ1) is 15.9. The second-order valence-corrected chi connectivity index (χ2v) is 7.10. The summed E-state index contributed by atoms with van der Waals surface area (Å²) in [7, 11) is 0. The zero-order chi connectivity index (χ0) is 17.3. The molecule has 2 aliphatic carbocycles. The fraction of sp³-hybridized carbons (Fsp3) is 0.333. The molecule has 2 amide bonds. The molecule has 25 heavy (non-hydrogen) atoms. The summed E-state index contributed by atoms with van der Waals surface area (Å²) < 4.78 is 0. The van der Waals surface area contributed by atoms with Crippen molar-refractivity contribution < 1.29 is 9.59 Å². The lowest BCUT2D eigenvalue weighted by Gasteiger charge is -2.43. The van der Waals surface area contributed by atoms with Gasteiger partial charge in [0.2, 0.25) is 5.91 Å². The maximum Gasteiger partial charge on any atom is 0.252 e. The SMILES string of the molecule is O=C(NC1(c2ccccc2)CCC1)c1cccc(NC(=O)C2CC2)c1. The molecule has 0 heterocycles. The Kier molecular flexibility index (Phi) is 4.04. The Labute approximate surface area is 147 Å². The summed E-state index contributed by atoms with van der Waals surface area (Å²) in [5.41, 5.74) is 2.17. The highest BCUT2D eigenvalue weighted by molar-refractivity contribution is 5.98. The fourth-order valence-corrected chi connectivity index (χ4v) is 3.39. The zero-order valence-electron chi connectivity index (χ0n) is 14.1. The van der Waals surface area contributed by atoms with E-state index in [4.69, 9.17) is 0 Å². The molecule has 0 atom stereocenters. The first-order valence-electron chi connectivity index (χ1n) is 8.95. The highest BCUT2D eigenvalue weighted by Crippen LogP contribution is 2.41. The Balaban J connectivity index is 1.50. The van der Waals surface area contributed by atoms with E-state index in [1.54, 1.807) is 12.1 Å². The van der Waals surface area contributed by atoms with Crippen molar-refractivity contribution in [1.29, 1.82) is 0 Å². The lowest BCUT2D eigenvalue weighted by Crippen LogP contribution is -2.50. The molecular weight excluding hydrogens is 312 g/mol. The number of hydrogen-bond acceptors (Lipinski definition) is 2. The van der Waals surface area contributed by atoms with Crippen LogP contribution in [-0.4, -0.2) is 11.8 Å². The Bertz CT molecular complexity index is 793. The molecule has 0 radical (unpaired) electrons. The van der Waals surface area contributed by atoms with Crippen LogP contribution in [0.15, 0.2) is 54.6 Å². The molecule has 2 fully saturated rings. The number of hydrogen-bond donors (Lipinski definition) is 2. The fourth-order valence-electron chi connectivity index (χ4n) is 3.39. The van der Waals surface area contributed by atoms with E-state index in [9.17, 15) is 9.59 Å². The molecule has 0 unspecified atom stereocenters. The van der Waals surface area contributed by atoms with Gasteiger partial charge in [-0.2, -0.15) is 0 Å². The maximum absolute atomic E-state index is 12.8. The number of carbonyl (C=O) groups is 2. The molecule has 128 valence electrons. The van der Waals surface area contributed by atoms with E-state index in [-0.39, 0.29) is 23.3 Å². The van der Waals surface area contributed by atoms with E-state index in [1.807, 2.05) is 30.3 Å². The second-order valence-electron chi connectivity index (χ2n) is 7.10. The Morgan fingerprint density at radius 3 is 2.36 bits per heavy atom. The van der Waals surface area contributed by atoms with Crippen LogP contribution in [0.2, 0.25) is 0 Å². The van der Waals surface area contributed by atoms with E-state index >= 15 is 0 Å². The normalized spacial score (nSPS) is 18.1. The predicted octanol–water partition coefficient (Wildman–Crippen LogP) is 3.84. The van der Waals surface area contributed by atoms with Crippen molar-refractivity contribution in [1.82, 2.24) is 5.32 Å². The van der Waals surface area contributed by atoms with Crippen molar-refractivity contribution in [2.75, 3.05) is 5.32 Å². The van der Waals surface area contributed by atoms with Gasteiger partial charge in [0.15, 0.2) is 0 Å². The van der Waals surface area contributed by atoms with Crippen molar-refractivity contribution in [3.05, 3.63) is 65.7 Å². The lowest BCUT2D eigenvalue weighted by atomic mass is 9.71. The standard InChI is InChI=1S/C21H22N2O2/c24-19(15-10-11-15)22-18-9-4-6-16(14-18)20(25)23-21(12-5-13-21)17-7-2-1-3-8-17/h1-4,6-9,14-15H,5,10-13H2,(H,22,24)(H,23,25). The van der Waals surface area contributed by atoms with Crippen molar-refractivity contribution in [3.8, 4) is 0 Å². The van der Waals surface area contributed by atoms with Crippen LogP contribution in [0.1, 0.15) is 48.0 Å². The molecule has 0 aliphatic heterocycles. The van der Waals surface area contributed by atoms with E-state index in [1.165, 1.54) is 0 Å². The van der Waals surface area contributed by atoms with Crippen LogP contribution in [0.4, 0.5) is 5.69 Å². The van der Waals surface area contributed by atoms with Crippen LogP contribution in [0.25, 0.3) is 0 Å². The number of nitrogens with one attached hydrogen (secondary N) is 2. The van der Waals surface area contributed by atoms with E-state index in [0.717, 1.165) is 37.7 Å². The Hall–Kier alpha value is -2.62. The summed E-state index contributed by atoms with van der Waals surface area (Å²) >= 11 is 0. The van der Waals surface area contributed by atoms with E-state index < -0.39 is 0 Å². The minimum Gasteiger partial charge on any atom is -0.343 e. The summed E-state index contributed by atoms with van der Waals surface area (Å²) in [6.45, 7) is 0. The highest BCUT2D eigenvalue weighted by atomic mass is 16.2. The molecule has 2 N–H and O–H groups in total. The summed E-state index contributed by atoms with van der Waals surface area (Å²) in [6.07, 6.45) is 4.96. The average molecular weight is 334 g/mol. The third-order valence-corrected chi connectivity index (χ3v) is 5.23. The van der Waals surface area contributed by atoms with Crippen LogP contribution in [0, 0.1) is 5.92 Å². The molecule has 2 aromatic carbocycles. The van der Waals surface area contributed by atoms with Crippen LogP contribution < -0.4 is 10.6 Å². The molecule has 0 spiro atoms. The quantitative estimate of drug-likeness (QED) is 0.873. The molecule has 4 nitrogen and oxygen atoms in total. The van der Waals surface area contributed by atoms with Gasteiger partial charge in [0.05, 0.1) is 5.54 Å². The summed E-state index contributed by atoms with van der Waals surface area (Å²) in [5, 5.41) is 6.13. The highest BCUT2D eigenvalue weighted by Gasteiger charge is 2.40. The molecule has 4 rings (SSSR count). The van der Waals surface area contributed by atoms with Gasteiger partial charge in [0, 0.05) is 17.2 Å². The summed E-state index contributed by atoms with van der Waals surface area (Å²) in [4.78, 5) is 24.7. The van der Waals surface area contributed by atoms with E-state index in [0.29, 0.717) is 11.3 Å². The average Bonchev–Trinajstić information content (AvgIpc) is 3.44. The van der Waals surface area contributed by atoms with Crippen LogP contribution in [0.5, 0.6) is 0 Å². The number of carbonyl (C=O) groups excluding carboxylic acids is 2. The van der Waals surface area contributed by atoms with Crippen molar-refractivity contribution in [2.24, 2.45) is 5.92 Å². The molecule has 4 heteroatoms. The third kappa shape index (κ3) is 3.29. The van der Waals surface area contributed by atoms with Crippen molar-refractivity contribution in [3.63, 3.8) is 0 Å². The summed E-state index contributed by atoms with van der Waals surface area (Å²) in [6, 6.07) is 17.3. The number of rotatable bonds is 5. The molecule has 0 bridgehead atoms. The molecular formula is C21H22N2O2. The first-order valence-corrected chi connectivity index (χ1v) is 8.95. The van der Waals surface area contributed by atoms with Crippen molar-refractivity contribution >= 4 is 17.5 Å². The van der Waals surface area contributed by atoms with Gasteiger partial charge in [-0.1, -0.05) is 36.4 Å². The van der Waals surface area contributed by atoms with Crippen molar-refractivity contribution in [2.45, 2.75) is 37.6 Å². The molecule has 0 saturated heterocycles. The van der Waals surface area contributed by atoms with Crippen LogP contribution in [-0.2, 0) is 10.3 Å². The molecule has 2 aromatic rings. The Morgan fingerprint density at radius 2 is 1.72 bits per heavy atom. The zero-order valence-corrected chi connectivity index (χ0v) is 14.1. The monoisotopic (exact) mass is 334 g/mol. The number of benzene rings is 2. The van der Waals surface area contributed by atoms with Gasteiger partial charge in [-0.3, -0.25) is 9.59 Å². The van der Waals surface area contributed by atoms with Gasteiger partial charge in [-0.25, -0.2) is 0 Å².